The molecule has 18 heavy (non-hydrogen) atoms. The summed E-state index contributed by atoms with van der Waals surface area (Å²) in [5.41, 5.74) is 1.21. The molecule has 0 amide bonds. The van der Waals surface area contributed by atoms with Crippen LogP contribution in [0.1, 0.15) is 18.5 Å². The largest absolute Gasteiger partial charge is 0.495 e. The molecule has 1 atom stereocenters. The van der Waals surface area contributed by atoms with Crippen LogP contribution in [0.15, 0.2) is 47.1 Å². The SMILES string of the molecule is COc1ccc(NC(C)c2cccc(Br)c2)nc1. The Hall–Kier alpha value is -1.55. The van der Waals surface area contributed by atoms with Gasteiger partial charge in [-0.2, -0.15) is 0 Å². The molecule has 1 N–H and O–H groups in total. The Kier molecular flexibility index (Phi) is 4.20. The van der Waals surface area contributed by atoms with E-state index in [1.165, 1.54) is 5.56 Å². The number of benzene rings is 1. The Labute approximate surface area is 115 Å². The van der Waals surface area contributed by atoms with E-state index in [1.54, 1.807) is 13.3 Å². The summed E-state index contributed by atoms with van der Waals surface area (Å²) in [7, 11) is 1.63. The van der Waals surface area contributed by atoms with Crippen molar-refractivity contribution in [3.63, 3.8) is 0 Å². The molecule has 0 aliphatic rings. The fourth-order valence-electron chi connectivity index (χ4n) is 1.67. The molecule has 1 unspecified atom stereocenters. The van der Waals surface area contributed by atoms with Gasteiger partial charge in [-0.15, -0.1) is 0 Å². The molecule has 1 aromatic carbocycles. The van der Waals surface area contributed by atoms with E-state index in [0.29, 0.717) is 0 Å². The summed E-state index contributed by atoms with van der Waals surface area (Å²) >= 11 is 3.47. The van der Waals surface area contributed by atoms with Gasteiger partial charge in [0.05, 0.1) is 13.3 Å². The highest BCUT2D eigenvalue weighted by Gasteiger charge is 2.06. The van der Waals surface area contributed by atoms with Gasteiger partial charge in [0.15, 0.2) is 0 Å². The number of hydrogen-bond acceptors (Lipinski definition) is 3. The molecular formula is C14H15BrN2O. The lowest BCUT2D eigenvalue weighted by Crippen LogP contribution is -2.07. The first-order valence-corrected chi connectivity index (χ1v) is 6.50. The zero-order valence-corrected chi connectivity index (χ0v) is 11.9. The minimum Gasteiger partial charge on any atom is -0.495 e. The van der Waals surface area contributed by atoms with E-state index < -0.39 is 0 Å². The lowest BCUT2D eigenvalue weighted by Gasteiger charge is -2.15. The Morgan fingerprint density at radius 3 is 2.72 bits per heavy atom. The summed E-state index contributed by atoms with van der Waals surface area (Å²) in [5, 5.41) is 3.35. The van der Waals surface area contributed by atoms with Crippen LogP contribution in [0.3, 0.4) is 0 Å². The second-order valence-corrected chi connectivity index (χ2v) is 4.92. The number of aromatic nitrogens is 1. The van der Waals surface area contributed by atoms with Gasteiger partial charge in [0.1, 0.15) is 11.6 Å². The quantitative estimate of drug-likeness (QED) is 0.926. The van der Waals surface area contributed by atoms with Crippen molar-refractivity contribution in [3.8, 4) is 5.75 Å². The molecule has 4 heteroatoms. The summed E-state index contributed by atoms with van der Waals surface area (Å²) in [6, 6.07) is 12.2. The Bertz CT molecular complexity index is 513. The Balaban J connectivity index is 2.08. The lowest BCUT2D eigenvalue weighted by molar-refractivity contribution is 0.413. The van der Waals surface area contributed by atoms with Crippen LogP contribution in [0.25, 0.3) is 0 Å². The molecular weight excluding hydrogens is 292 g/mol. The van der Waals surface area contributed by atoms with Gasteiger partial charge in [-0.25, -0.2) is 4.98 Å². The summed E-state index contributed by atoms with van der Waals surface area (Å²) in [4.78, 5) is 4.29. The van der Waals surface area contributed by atoms with Crippen LogP contribution in [0.2, 0.25) is 0 Å². The predicted molar refractivity (Wildman–Crippen MR) is 77.0 cm³/mol. The van der Waals surface area contributed by atoms with Crippen molar-refractivity contribution < 1.29 is 4.74 Å². The maximum Gasteiger partial charge on any atom is 0.137 e. The van der Waals surface area contributed by atoms with Crippen LogP contribution in [0.5, 0.6) is 5.75 Å². The smallest absolute Gasteiger partial charge is 0.137 e. The van der Waals surface area contributed by atoms with Crippen LogP contribution in [-0.2, 0) is 0 Å². The van der Waals surface area contributed by atoms with Gasteiger partial charge in [0, 0.05) is 10.5 Å². The van der Waals surface area contributed by atoms with Crippen molar-refractivity contribution in [2.75, 3.05) is 12.4 Å². The highest BCUT2D eigenvalue weighted by molar-refractivity contribution is 9.10. The van der Waals surface area contributed by atoms with Crippen molar-refractivity contribution in [2.24, 2.45) is 0 Å². The first-order valence-electron chi connectivity index (χ1n) is 5.71. The highest BCUT2D eigenvalue weighted by atomic mass is 79.9. The van der Waals surface area contributed by atoms with E-state index in [1.807, 2.05) is 24.3 Å². The number of anilines is 1. The number of nitrogens with zero attached hydrogens (tertiary/aromatic N) is 1. The molecule has 0 aliphatic heterocycles. The monoisotopic (exact) mass is 306 g/mol. The molecule has 0 saturated carbocycles. The lowest BCUT2D eigenvalue weighted by atomic mass is 10.1. The summed E-state index contributed by atoms with van der Waals surface area (Å²) in [6.07, 6.45) is 1.70. The minimum atomic E-state index is 0.198. The number of methoxy groups -OCH3 is 1. The average molecular weight is 307 g/mol. The fraction of sp³-hybridized carbons (Fsp3) is 0.214. The van der Waals surface area contributed by atoms with Gasteiger partial charge >= 0.3 is 0 Å². The predicted octanol–water partition coefficient (Wildman–Crippen LogP) is 4.03. The van der Waals surface area contributed by atoms with E-state index >= 15 is 0 Å². The minimum absolute atomic E-state index is 0.198. The Morgan fingerprint density at radius 2 is 2.11 bits per heavy atom. The summed E-state index contributed by atoms with van der Waals surface area (Å²) in [5.74, 6) is 1.60. The van der Waals surface area contributed by atoms with Gasteiger partial charge < -0.3 is 10.1 Å². The summed E-state index contributed by atoms with van der Waals surface area (Å²) in [6.45, 7) is 2.10. The van der Waals surface area contributed by atoms with E-state index in [0.717, 1.165) is 16.0 Å². The van der Waals surface area contributed by atoms with Crippen molar-refractivity contribution in [2.45, 2.75) is 13.0 Å². The molecule has 1 heterocycles. The molecule has 0 aliphatic carbocycles. The number of ether oxygens (including phenoxy) is 1. The van der Waals surface area contributed by atoms with E-state index in [2.05, 4.69) is 45.3 Å². The van der Waals surface area contributed by atoms with Gasteiger partial charge in [0.2, 0.25) is 0 Å². The number of nitrogens with one attached hydrogen (secondary N) is 1. The van der Waals surface area contributed by atoms with E-state index in [-0.39, 0.29) is 6.04 Å². The number of halogens is 1. The molecule has 3 nitrogen and oxygen atoms in total. The maximum atomic E-state index is 5.08. The maximum absolute atomic E-state index is 5.08. The van der Waals surface area contributed by atoms with Crippen LogP contribution < -0.4 is 10.1 Å². The molecule has 0 spiro atoms. The van der Waals surface area contributed by atoms with Crippen LogP contribution in [0.4, 0.5) is 5.82 Å². The normalized spacial score (nSPS) is 11.9. The van der Waals surface area contributed by atoms with Gasteiger partial charge in [-0.1, -0.05) is 28.1 Å². The van der Waals surface area contributed by atoms with Crippen LogP contribution in [-0.4, -0.2) is 12.1 Å². The molecule has 2 rings (SSSR count). The average Bonchev–Trinajstić information content (AvgIpc) is 2.39. The molecule has 2 aromatic rings. The van der Waals surface area contributed by atoms with Crippen molar-refractivity contribution >= 4 is 21.7 Å². The van der Waals surface area contributed by atoms with Crippen molar-refractivity contribution in [3.05, 3.63) is 52.6 Å². The van der Waals surface area contributed by atoms with Gasteiger partial charge in [-0.3, -0.25) is 0 Å². The molecule has 0 saturated heterocycles. The standard InChI is InChI=1S/C14H15BrN2O/c1-10(11-4-3-5-12(15)8-11)17-14-7-6-13(18-2)9-16-14/h3-10H,1-2H3,(H,16,17). The number of pyridine rings is 1. The Morgan fingerprint density at radius 1 is 1.28 bits per heavy atom. The molecule has 0 fully saturated rings. The molecule has 0 bridgehead atoms. The zero-order chi connectivity index (χ0) is 13.0. The van der Waals surface area contributed by atoms with Crippen molar-refractivity contribution in [1.29, 1.82) is 0 Å². The third kappa shape index (κ3) is 3.23. The first kappa shape index (κ1) is 12.9. The first-order chi connectivity index (χ1) is 8.69. The second kappa shape index (κ2) is 5.87. The van der Waals surface area contributed by atoms with Crippen LogP contribution in [0, 0.1) is 0 Å². The number of rotatable bonds is 4. The number of hydrogen-bond donors (Lipinski definition) is 1. The van der Waals surface area contributed by atoms with E-state index in [4.69, 9.17) is 4.74 Å². The molecule has 1 aromatic heterocycles. The van der Waals surface area contributed by atoms with Crippen LogP contribution >= 0.6 is 15.9 Å². The zero-order valence-electron chi connectivity index (χ0n) is 10.4. The molecule has 0 radical (unpaired) electrons. The molecule has 94 valence electrons. The van der Waals surface area contributed by atoms with Gasteiger partial charge in [-0.05, 0) is 36.8 Å². The highest BCUT2D eigenvalue weighted by Crippen LogP contribution is 2.21. The van der Waals surface area contributed by atoms with Crippen molar-refractivity contribution in [1.82, 2.24) is 4.98 Å². The second-order valence-electron chi connectivity index (χ2n) is 4.00. The topological polar surface area (TPSA) is 34.1 Å². The van der Waals surface area contributed by atoms with Gasteiger partial charge in [0.25, 0.3) is 0 Å². The third-order valence-electron chi connectivity index (χ3n) is 2.69. The third-order valence-corrected chi connectivity index (χ3v) is 3.18. The van der Waals surface area contributed by atoms with E-state index in [9.17, 15) is 0 Å². The summed E-state index contributed by atoms with van der Waals surface area (Å²) < 4.78 is 6.16. The fourth-order valence-corrected chi connectivity index (χ4v) is 2.08.